The van der Waals surface area contributed by atoms with Crippen molar-refractivity contribution < 1.29 is 14.7 Å². The first-order valence-electron chi connectivity index (χ1n) is 5.70. The highest BCUT2D eigenvalue weighted by atomic mass is 16.4. The summed E-state index contributed by atoms with van der Waals surface area (Å²) in [6, 6.07) is 0. The second-order valence-electron chi connectivity index (χ2n) is 5.19. The molecule has 1 aliphatic rings. The summed E-state index contributed by atoms with van der Waals surface area (Å²) >= 11 is 0. The Bertz CT molecular complexity index is 375. The van der Waals surface area contributed by atoms with Crippen molar-refractivity contribution in [3.8, 4) is 0 Å². The highest BCUT2D eigenvalue weighted by molar-refractivity contribution is 5.94. The van der Waals surface area contributed by atoms with Gasteiger partial charge in [0.05, 0.1) is 0 Å². The van der Waals surface area contributed by atoms with Crippen LogP contribution in [-0.2, 0) is 9.59 Å². The maximum Gasteiger partial charge on any atom is 0.328 e. The Labute approximate surface area is 102 Å². The Morgan fingerprint density at radius 1 is 1.35 bits per heavy atom. The van der Waals surface area contributed by atoms with Crippen LogP contribution in [0.3, 0.4) is 0 Å². The van der Waals surface area contributed by atoms with Crippen molar-refractivity contribution >= 4 is 11.9 Å². The standard InChI is InChI=1S/C13H19NO3/c1-13(2,3)10-6-8-14(9-7-10)11(15)4-5-12(16)17/h4-6H,7-9H2,1-3H3,(H,16,17)/b5-4+. The molecule has 0 aromatic heterocycles. The second kappa shape index (κ2) is 5.17. The van der Waals surface area contributed by atoms with Crippen LogP contribution in [0.15, 0.2) is 23.8 Å². The molecule has 1 N–H and O–H groups in total. The van der Waals surface area contributed by atoms with Gasteiger partial charge in [0.2, 0.25) is 5.91 Å². The van der Waals surface area contributed by atoms with Gasteiger partial charge in [0.1, 0.15) is 0 Å². The summed E-state index contributed by atoms with van der Waals surface area (Å²) in [6.07, 6.45) is 4.91. The monoisotopic (exact) mass is 237 g/mol. The molecule has 0 spiro atoms. The third-order valence-electron chi connectivity index (χ3n) is 2.85. The van der Waals surface area contributed by atoms with E-state index in [4.69, 9.17) is 5.11 Å². The number of rotatable bonds is 2. The molecule has 0 atom stereocenters. The lowest BCUT2D eigenvalue weighted by Gasteiger charge is -2.31. The SMILES string of the molecule is CC(C)(C)C1=CCN(C(=O)/C=C/C(=O)O)CC1. The first kappa shape index (κ1) is 13.5. The molecule has 0 aromatic carbocycles. The summed E-state index contributed by atoms with van der Waals surface area (Å²) in [6.45, 7) is 7.68. The van der Waals surface area contributed by atoms with Crippen molar-refractivity contribution in [3.63, 3.8) is 0 Å². The van der Waals surface area contributed by atoms with Crippen LogP contribution in [0, 0.1) is 5.41 Å². The molecule has 0 saturated heterocycles. The molecule has 1 amide bonds. The molecule has 0 bridgehead atoms. The number of aliphatic carboxylic acids is 1. The molecule has 0 saturated carbocycles. The Morgan fingerprint density at radius 2 is 2.00 bits per heavy atom. The molecule has 0 aliphatic carbocycles. The maximum atomic E-state index is 11.6. The number of nitrogens with zero attached hydrogens (tertiary/aromatic N) is 1. The first-order chi connectivity index (χ1) is 7.80. The van der Waals surface area contributed by atoms with E-state index in [1.165, 1.54) is 5.57 Å². The summed E-state index contributed by atoms with van der Waals surface area (Å²) < 4.78 is 0. The number of carbonyl (C=O) groups excluding carboxylic acids is 1. The number of hydrogen-bond donors (Lipinski definition) is 1. The molecule has 4 heteroatoms. The molecule has 4 nitrogen and oxygen atoms in total. The normalized spacial score (nSPS) is 17.1. The van der Waals surface area contributed by atoms with E-state index in [1.54, 1.807) is 4.90 Å². The Hall–Kier alpha value is -1.58. The fourth-order valence-corrected chi connectivity index (χ4v) is 1.80. The van der Waals surface area contributed by atoms with Gasteiger partial charge in [-0.05, 0) is 11.8 Å². The average Bonchev–Trinajstić information content (AvgIpc) is 2.25. The van der Waals surface area contributed by atoms with Gasteiger partial charge < -0.3 is 10.0 Å². The van der Waals surface area contributed by atoms with Gasteiger partial charge in [-0.1, -0.05) is 32.4 Å². The highest BCUT2D eigenvalue weighted by Crippen LogP contribution is 2.29. The van der Waals surface area contributed by atoms with E-state index in [0.717, 1.165) is 18.6 Å². The Kier molecular flexibility index (Phi) is 4.10. The van der Waals surface area contributed by atoms with Crippen molar-refractivity contribution in [2.75, 3.05) is 13.1 Å². The van der Waals surface area contributed by atoms with Gasteiger partial charge in [-0.25, -0.2) is 4.79 Å². The molecular formula is C13H19NO3. The van der Waals surface area contributed by atoms with Crippen LogP contribution in [0.2, 0.25) is 0 Å². The van der Waals surface area contributed by atoms with E-state index < -0.39 is 5.97 Å². The number of carboxylic acid groups (broad SMARTS) is 1. The molecule has 94 valence electrons. The smallest absolute Gasteiger partial charge is 0.328 e. The summed E-state index contributed by atoms with van der Waals surface area (Å²) in [5.41, 5.74) is 1.50. The van der Waals surface area contributed by atoms with Crippen molar-refractivity contribution in [2.45, 2.75) is 27.2 Å². The van der Waals surface area contributed by atoms with Gasteiger partial charge in [0.25, 0.3) is 0 Å². The zero-order valence-electron chi connectivity index (χ0n) is 10.6. The van der Waals surface area contributed by atoms with Gasteiger partial charge in [-0.3, -0.25) is 4.79 Å². The number of hydrogen-bond acceptors (Lipinski definition) is 2. The second-order valence-corrected chi connectivity index (χ2v) is 5.19. The van der Waals surface area contributed by atoms with Crippen LogP contribution in [0.1, 0.15) is 27.2 Å². The Morgan fingerprint density at radius 3 is 2.41 bits per heavy atom. The lowest BCUT2D eigenvalue weighted by atomic mass is 9.83. The van der Waals surface area contributed by atoms with Crippen LogP contribution in [-0.4, -0.2) is 35.0 Å². The van der Waals surface area contributed by atoms with Crippen LogP contribution in [0.4, 0.5) is 0 Å². The lowest BCUT2D eigenvalue weighted by molar-refractivity contribution is -0.132. The minimum atomic E-state index is -1.10. The first-order valence-corrected chi connectivity index (χ1v) is 5.70. The summed E-state index contributed by atoms with van der Waals surface area (Å²) in [4.78, 5) is 23.6. The third kappa shape index (κ3) is 4.06. The van der Waals surface area contributed by atoms with E-state index >= 15 is 0 Å². The van der Waals surface area contributed by atoms with Gasteiger partial charge >= 0.3 is 5.97 Å². The molecule has 0 unspecified atom stereocenters. The molecule has 0 aromatic rings. The van der Waals surface area contributed by atoms with Crippen LogP contribution in [0.5, 0.6) is 0 Å². The average molecular weight is 237 g/mol. The van der Waals surface area contributed by atoms with E-state index in [0.29, 0.717) is 13.1 Å². The van der Waals surface area contributed by atoms with Gasteiger partial charge in [0.15, 0.2) is 0 Å². The van der Waals surface area contributed by atoms with E-state index in [9.17, 15) is 9.59 Å². The largest absolute Gasteiger partial charge is 0.478 e. The summed E-state index contributed by atoms with van der Waals surface area (Å²) in [5.74, 6) is -1.34. The third-order valence-corrected chi connectivity index (χ3v) is 2.85. The molecule has 1 heterocycles. The van der Waals surface area contributed by atoms with Crippen molar-refractivity contribution in [1.29, 1.82) is 0 Å². The fourth-order valence-electron chi connectivity index (χ4n) is 1.80. The Balaban J connectivity index is 2.60. The lowest BCUT2D eigenvalue weighted by Crippen LogP contribution is -2.35. The van der Waals surface area contributed by atoms with Gasteiger partial charge in [0, 0.05) is 25.2 Å². The predicted molar refractivity (Wildman–Crippen MR) is 65.5 cm³/mol. The predicted octanol–water partition coefficient (Wildman–Crippen LogP) is 1.83. The molecule has 0 radical (unpaired) electrons. The van der Waals surface area contributed by atoms with Gasteiger partial charge in [-0.15, -0.1) is 0 Å². The summed E-state index contributed by atoms with van der Waals surface area (Å²) in [5, 5.41) is 8.44. The maximum absolute atomic E-state index is 11.6. The van der Waals surface area contributed by atoms with Gasteiger partial charge in [-0.2, -0.15) is 0 Å². The molecule has 0 fully saturated rings. The zero-order chi connectivity index (χ0) is 13.1. The van der Waals surface area contributed by atoms with Crippen molar-refractivity contribution in [1.82, 2.24) is 4.90 Å². The van der Waals surface area contributed by atoms with Crippen molar-refractivity contribution in [3.05, 3.63) is 23.8 Å². The van der Waals surface area contributed by atoms with Crippen LogP contribution >= 0.6 is 0 Å². The minimum Gasteiger partial charge on any atom is -0.478 e. The summed E-state index contributed by atoms with van der Waals surface area (Å²) in [7, 11) is 0. The van der Waals surface area contributed by atoms with Crippen LogP contribution in [0.25, 0.3) is 0 Å². The number of carboxylic acids is 1. The quantitative estimate of drug-likeness (QED) is 0.589. The van der Waals surface area contributed by atoms with E-state index in [1.807, 2.05) is 0 Å². The van der Waals surface area contributed by atoms with E-state index in [-0.39, 0.29) is 11.3 Å². The molecule has 1 aliphatic heterocycles. The van der Waals surface area contributed by atoms with Crippen LogP contribution < -0.4 is 0 Å². The van der Waals surface area contributed by atoms with E-state index in [2.05, 4.69) is 26.8 Å². The number of amides is 1. The number of carbonyl (C=O) groups is 2. The molecular weight excluding hydrogens is 218 g/mol. The molecule has 1 rings (SSSR count). The zero-order valence-corrected chi connectivity index (χ0v) is 10.6. The van der Waals surface area contributed by atoms with Crippen molar-refractivity contribution in [2.24, 2.45) is 5.41 Å². The topological polar surface area (TPSA) is 57.6 Å². The highest BCUT2D eigenvalue weighted by Gasteiger charge is 2.22. The minimum absolute atomic E-state index is 0.145. The molecule has 17 heavy (non-hydrogen) atoms. The fraction of sp³-hybridized carbons (Fsp3) is 0.538.